The molecule has 32 heavy (non-hydrogen) atoms. The van der Waals surface area contributed by atoms with E-state index in [0.717, 1.165) is 44.8 Å². The van der Waals surface area contributed by atoms with Crippen LogP contribution in [-0.2, 0) is 20.1 Å². The van der Waals surface area contributed by atoms with E-state index in [1.54, 1.807) is 13.2 Å². The van der Waals surface area contributed by atoms with Crippen molar-refractivity contribution in [3.63, 3.8) is 0 Å². The van der Waals surface area contributed by atoms with Gasteiger partial charge in [-0.25, -0.2) is 0 Å². The maximum absolute atomic E-state index is 12.8. The van der Waals surface area contributed by atoms with Gasteiger partial charge in [-0.15, -0.1) is 0 Å². The smallest absolute Gasteiger partial charge is 0.270 e. The van der Waals surface area contributed by atoms with Crippen molar-refractivity contribution in [2.75, 3.05) is 31.1 Å². The number of piperazine rings is 1. The summed E-state index contributed by atoms with van der Waals surface area (Å²) >= 11 is 0. The van der Waals surface area contributed by atoms with Crippen LogP contribution in [0.3, 0.4) is 0 Å². The minimum atomic E-state index is -0.266. The molecule has 0 radical (unpaired) electrons. The molecule has 4 aromatic rings. The van der Waals surface area contributed by atoms with Crippen LogP contribution in [0.4, 0.5) is 5.69 Å². The lowest BCUT2D eigenvalue weighted by Gasteiger charge is -2.36. The van der Waals surface area contributed by atoms with Crippen molar-refractivity contribution in [1.29, 1.82) is 5.26 Å². The summed E-state index contributed by atoms with van der Waals surface area (Å²) in [7, 11) is 1.70. The number of pyridine rings is 2. The summed E-state index contributed by atoms with van der Waals surface area (Å²) in [6, 6.07) is 14.6. The lowest BCUT2D eigenvalue weighted by molar-refractivity contribution is 0.251. The van der Waals surface area contributed by atoms with Crippen molar-refractivity contribution < 1.29 is 0 Å². The fraction of sp³-hybridized carbons (Fsp3) is 0.320. The largest absolute Gasteiger partial charge is 0.366 e. The summed E-state index contributed by atoms with van der Waals surface area (Å²) in [5, 5.41) is 11.1. The van der Waals surface area contributed by atoms with Crippen LogP contribution < -0.4 is 10.5 Å². The van der Waals surface area contributed by atoms with E-state index in [9.17, 15) is 10.1 Å². The van der Waals surface area contributed by atoms with Gasteiger partial charge < -0.3 is 14.0 Å². The third-order valence-corrected chi connectivity index (χ3v) is 6.57. The van der Waals surface area contributed by atoms with Gasteiger partial charge >= 0.3 is 0 Å². The maximum Gasteiger partial charge on any atom is 0.270 e. The third kappa shape index (κ3) is 3.24. The molecule has 1 saturated heterocycles. The van der Waals surface area contributed by atoms with Crippen molar-refractivity contribution >= 4 is 27.6 Å². The molecular weight excluding hydrogens is 400 g/mol. The quantitative estimate of drug-likeness (QED) is 0.502. The molecule has 0 unspecified atom stereocenters. The van der Waals surface area contributed by atoms with Crippen molar-refractivity contribution in [3.8, 4) is 6.07 Å². The summed E-state index contributed by atoms with van der Waals surface area (Å²) < 4.78 is 3.79. The van der Waals surface area contributed by atoms with Crippen molar-refractivity contribution in [1.82, 2.24) is 19.0 Å². The maximum atomic E-state index is 12.8. The van der Waals surface area contributed by atoms with Gasteiger partial charge in [0, 0.05) is 69.6 Å². The zero-order chi connectivity index (χ0) is 22.2. The highest BCUT2D eigenvalue weighted by atomic mass is 16.1. The Hall–Kier alpha value is -3.63. The van der Waals surface area contributed by atoms with Crippen molar-refractivity contribution in [3.05, 3.63) is 70.3 Å². The van der Waals surface area contributed by atoms with E-state index in [1.807, 2.05) is 12.1 Å². The SMILES string of the molecule is CCn1ccc2c(CN3CCN(c4c(C#N)c(=O)n(C)c5cccnc45)CC3)cccc21. The van der Waals surface area contributed by atoms with E-state index in [-0.39, 0.29) is 11.1 Å². The first kappa shape index (κ1) is 20.3. The minimum absolute atomic E-state index is 0.179. The first-order valence-corrected chi connectivity index (χ1v) is 11.0. The number of hydrogen-bond acceptors (Lipinski definition) is 5. The van der Waals surface area contributed by atoms with E-state index in [1.165, 1.54) is 21.0 Å². The Kier molecular flexibility index (Phi) is 5.16. The summed E-state index contributed by atoms with van der Waals surface area (Å²) in [6.07, 6.45) is 3.88. The molecule has 3 aromatic heterocycles. The van der Waals surface area contributed by atoms with Crippen LogP contribution >= 0.6 is 0 Å². The standard InChI is InChI=1S/C25H26N6O/c1-3-30-11-9-19-18(6-4-7-21(19)30)17-29-12-14-31(15-13-29)24-20(16-26)25(32)28(2)22-8-5-10-27-23(22)24/h4-11H,3,12-15,17H2,1-2H3. The lowest BCUT2D eigenvalue weighted by Crippen LogP contribution is -2.47. The molecule has 0 bridgehead atoms. The lowest BCUT2D eigenvalue weighted by atomic mass is 10.1. The third-order valence-electron chi connectivity index (χ3n) is 6.57. The van der Waals surface area contributed by atoms with Crippen LogP contribution in [0.15, 0.2) is 53.6 Å². The van der Waals surface area contributed by atoms with Crippen LogP contribution in [0.5, 0.6) is 0 Å². The predicted molar refractivity (Wildman–Crippen MR) is 127 cm³/mol. The zero-order valence-corrected chi connectivity index (χ0v) is 18.5. The van der Waals surface area contributed by atoms with Gasteiger partial charge in [0.15, 0.2) is 0 Å². The Balaban J connectivity index is 1.41. The van der Waals surface area contributed by atoms with Crippen LogP contribution in [0.1, 0.15) is 18.1 Å². The fourth-order valence-electron chi connectivity index (χ4n) is 4.83. The average molecular weight is 427 g/mol. The van der Waals surface area contributed by atoms with Gasteiger partial charge in [0.05, 0.1) is 11.2 Å². The number of nitrogens with zero attached hydrogens (tertiary/aromatic N) is 6. The van der Waals surface area contributed by atoms with Crippen molar-refractivity contribution in [2.45, 2.75) is 20.0 Å². The molecule has 1 aliphatic rings. The van der Waals surface area contributed by atoms with E-state index >= 15 is 0 Å². The molecule has 0 atom stereocenters. The van der Waals surface area contributed by atoms with Gasteiger partial charge in [-0.1, -0.05) is 12.1 Å². The molecule has 7 heteroatoms. The van der Waals surface area contributed by atoms with Crippen LogP contribution in [0, 0.1) is 11.3 Å². The van der Waals surface area contributed by atoms with Crippen LogP contribution in [0.2, 0.25) is 0 Å². The Morgan fingerprint density at radius 1 is 1.06 bits per heavy atom. The number of aryl methyl sites for hydroxylation is 2. The molecule has 0 spiro atoms. The molecule has 4 heterocycles. The highest BCUT2D eigenvalue weighted by Crippen LogP contribution is 2.28. The van der Waals surface area contributed by atoms with Gasteiger partial charge in [-0.05, 0) is 36.8 Å². The van der Waals surface area contributed by atoms with Crippen LogP contribution in [0.25, 0.3) is 21.9 Å². The molecular formula is C25H26N6O. The monoisotopic (exact) mass is 426 g/mol. The predicted octanol–water partition coefficient (Wildman–Crippen LogP) is 3.10. The highest BCUT2D eigenvalue weighted by molar-refractivity contribution is 5.91. The van der Waals surface area contributed by atoms with E-state index in [2.05, 4.69) is 62.8 Å². The summed E-state index contributed by atoms with van der Waals surface area (Å²) in [5.41, 5.74) is 4.66. The second kappa shape index (κ2) is 8.13. The number of anilines is 1. The molecule has 7 nitrogen and oxygen atoms in total. The number of nitriles is 1. The fourth-order valence-corrected chi connectivity index (χ4v) is 4.83. The van der Waals surface area contributed by atoms with Gasteiger partial charge in [0.1, 0.15) is 17.1 Å². The van der Waals surface area contributed by atoms with Gasteiger partial charge in [0.25, 0.3) is 5.56 Å². The molecule has 0 N–H and O–H groups in total. The molecule has 0 aliphatic carbocycles. The van der Waals surface area contributed by atoms with E-state index in [4.69, 9.17) is 0 Å². The number of hydrogen-bond donors (Lipinski definition) is 0. The molecule has 1 fully saturated rings. The average Bonchev–Trinajstić information content (AvgIpc) is 3.26. The molecule has 1 aliphatic heterocycles. The Labute approximate surface area is 186 Å². The number of rotatable bonds is 4. The summed E-state index contributed by atoms with van der Waals surface area (Å²) in [6.45, 7) is 7.23. The number of benzene rings is 1. The van der Waals surface area contributed by atoms with Crippen molar-refractivity contribution in [2.24, 2.45) is 7.05 Å². The molecule has 5 rings (SSSR count). The number of aromatic nitrogens is 3. The zero-order valence-electron chi connectivity index (χ0n) is 18.5. The molecule has 0 amide bonds. The summed E-state index contributed by atoms with van der Waals surface area (Å²) in [5.74, 6) is 0. The Bertz CT molecular complexity index is 1400. The highest BCUT2D eigenvalue weighted by Gasteiger charge is 2.25. The van der Waals surface area contributed by atoms with Gasteiger partial charge in [-0.3, -0.25) is 14.7 Å². The first-order chi connectivity index (χ1) is 15.6. The van der Waals surface area contributed by atoms with E-state index in [0.29, 0.717) is 11.2 Å². The molecule has 162 valence electrons. The topological polar surface area (TPSA) is 70.1 Å². The number of fused-ring (bicyclic) bond motifs is 2. The molecule has 0 saturated carbocycles. The normalized spacial score (nSPS) is 14.8. The second-order valence-electron chi connectivity index (χ2n) is 8.29. The Morgan fingerprint density at radius 3 is 2.59 bits per heavy atom. The van der Waals surface area contributed by atoms with Gasteiger partial charge in [0.2, 0.25) is 0 Å². The Morgan fingerprint density at radius 2 is 1.84 bits per heavy atom. The first-order valence-electron chi connectivity index (χ1n) is 11.0. The minimum Gasteiger partial charge on any atom is -0.366 e. The molecule has 1 aromatic carbocycles. The second-order valence-corrected chi connectivity index (χ2v) is 8.29. The van der Waals surface area contributed by atoms with E-state index < -0.39 is 0 Å². The van der Waals surface area contributed by atoms with Gasteiger partial charge in [-0.2, -0.15) is 5.26 Å². The van der Waals surface area contributed by atoms with Crippen LogP contribution in [-0.4, -0.2) is 45.2 Å². The summed E-state index contributed by atoms with van der Waals surface area (Å²) in [4.78, 5) is 21.9.